The molecule has 1 aromatic carbocycles. The van der Waals surface area contributed by atoms with Gasteiger partial charge in [0.15, 0.2) is 0 Å². The molecule has 0 aromatic heterocycles. The van der Waals surface area contributed by atoms with Gasteiger partial charge in [-0.25, -0.2) is 0 Å². The average Bonchev–Trinajstić information content (AvgIpc) is 2.41. The standard InChI is InChI=1S/C17H25N3/c1-13(2)12-20-9-7-15(8-10-20)19-17-6-4-5-14(3)16(17)11-18/h4-6,13,15,19H,7-10,12H2,1-3H3. The number of benzene rings is 1. The molecular formula is C17H25N3. The zero-order valence-electron chi connectivity index (χ0n) is 12.8. The molecule has 0 unspecified atom stereocenters. The monoisotopic (exact) mass is 271 g/mol. The van der Waals surface area contributed by atoms with E-state index >= 15 is 0 Å². The fourth-order valence-corrected chi connectivity index (χ4v) is 2.93. The van der Waals surface area contributed by atoms with E-state index in [1.807, 2.05) is 25.1 Å². The number of rotatable bonds is 4. The van der Waals surface area contributed by atoms with Crippen molar-refractivity contribution in [3.63, 3.8) is 0 Å². The summed E-state index contributed by atoms with van der Waals surface area (Å²) in [7, 11) is 0. The Hall–Kier alpha value is -1.53. The number of anilines is 1. The second kappa shape index (κ2) is 6.76. The second-order valence-corrected chi connectivity index (χ2v) is 6.22. The van der Waals surface area contributed by atoms with Gasteiger partial charge in [0.25, 0.3) is 0 Å². The molecule has 0 saturated carbocycles. The van der Waals surface area contributed by atoms with E-state index in [9.17, 15) is 5.26 Å². The van der Waals surface area contributed by atoms with Gasteiger partial charge in [-0.15, -0.1) is 0 Å². The first-order valence-corrected chi connectivity index (χ1v) is 7.58. The van der Waals surface area contributed by atoms with Crippen molar-refractivity contribution in [1.82, 2.24) is 4.90 Å². The first-order valence-electron chi connectivity index (χ1n) is 7.58. The van der Waals surface area contributed by atoms with E-state index in [0.29, 0.717) is 6.04 Å². The van der Waals surface area contributed by atoms with Crippen LogP contribution >= 0.6 is 0 Å². The van der Waals surface area contributed by atoms with Crippen LogP contribution in [0.25, 0.3) is 0 Å². The minimum absolute atomic E-state index is 0.493. The van der Waals surface area contributed by atoms with Crippen LogP contribution in [0.4, 0.5) is 5.69 Å². The first kappa shape index (κ1) is 14.9. The molecule has 2 rings (SSSR count). The van der Waals surface area contributed by atoms with Crippen molar-refractivity contribution in [2.24, 2.45) is 5.92 Å². The Morgan fingerprint density at radius 1 is 1.35 bits per heavy atom. The summed E-state index contributed by atoms with van der Waals surface area (Å²) in [5.74, 6) is 0.737. The van der Waals surface area contributed by atoms with Crippen LogP contribution in [-0.4, -0.2) is 30.6 Å². The molecule has 3 heteroatoms. The largest absolute Gasteiger partial charge is 0.381 e. The molecule has 108 valence electrons. The van der Waals surface area contributed by atoms with Crippen LogP contribution in [0.3, 0.4) is 0 Å². The van der Waals surface area contributed by atoms with Gasteiger partial charge >= 0.3 is 0 Å². The van der Waals surface area contributed by atoms with Crippen molar-refractivity contribution < 1.29 is 0 Å². The van der Waals surface area contributed by atoms with E-state index in [-0.39, 0.29) is 0 Å². The number of piperidine rings is 1. The predicted molar refractivity (Wildman–Crippen MR) is 83.8 cm³/mol. The maximum atomic E-state index is 9.27. The average molecular weight is 271 g/mol. The highest BCUT2D eigenvalue weighted by atomic mass is 15.1. The van der Waals surface area contributed by atoms with Crippen LogP contribution in [-0.2, 0) is 0 Å². The lowest BCUT2D eigenvalue weighted by Crippen LogP contribution is -2.40. The fraction of sp³-hybridized carbons (Fsp3) is 0.588. The molecule has 0 spiro atoms. The van der Waals surface area contributed by atoms with Crippen molar-refractivity contribution >= 4 is 5.69 Å². The van der Waals surface area contributed by atoms with Crippen molar-refractivity contribution in [2.75, 3.05) is 25.0 Å². The molecule has 0 atom stereocenters. The molecule has 0 amide bonds. The van der Waals surface area contributed by atoms with Crippen LogP contribution in [0.15, 0.2) is 18.2 Å². The third kappa shape index (κ3) is 3.74. The van der Waals surface area contributed by atoms with Gasteiger partial charge in [0.2, 0.25) is 0 Å². The highest BCUT2D eigenvalue weighted by molar-refractivity contribution is 5.61. The topological polar surface area (TPSA) is 39.1 Å². The van der Waals surface area contributed by atoms with Crippen LogP contribution in [0.5, 0.6) is 0 Å². The zero-order chi connectivity index (χ0) is 14.5. The number of likely N-dealkylation sites (tertiary alicyclic amines) is 1. The summed E-state index contributed by atoms with van der Waals surface area (Å²) in [6.45, 7) is 10.1. The fourth-order valence-electron chi connectivity index (χ4n) is 2.93. The van der Waals surface area contributed by atoms with Gasteiger partial charge in [-0.05, 0) is 37.3 Å². The molecule has 0 bridgehead atoms. The lowest BCUT2D eigenvalue weighted by Gasteiger charge is -2.34. The highest BCUT2D eigenvalue weighted by Crippen LogP contribution is 2.22. The Balaban J connectivity index is 1.93. The summed E-state index contributed by atoms with van der Waals surface area (Å²) in [5.41, 5.74) is 2.83. The van der Waals surface area contributed by atoms with Gasteiger partial charge in [-0.3, -0.25) is 0 Å². The van der Waals surface area contributed by atoms with E-state index in [2.05, 4.69) is 30.1 Å². The van der Waals surface area contributed by atoms with Crippen molar-refractivity contribution in [3.05, 3.63) is 29.3 Å². The summed E-state index contributed by atoms with van der Waals surface area (Å²) in [6, 6.07) is 8.84. The van der Waals surface area contributed by atoms with Gasteiger partial charge in [0.1, 0.15) is 6.07 Å². The molecular weight excluding hydrogens is 246 g/mol. The smallest absolute Gasteiger partial charge is 0.102 e. The van der Waals surface area contributed by atoms with E-state index in [0.717, 1.165) is 48.7 Å². The quantitative estimate of drug-likeness (QED) is 0.912. The van der Waals surface area contributed by atoms with Gasteiger partial charge in [0.05, 0.1) is 11.3 Å². The molecule has 1 N–H and O–H groups in total. The summed E-state index contributed by atoms with van der Waals surface area (Å²) in [6.07, 6.45) is 2.32. The van der Waals surface area contributed by atoms with E-state index < -0.39 is 0 Å². The highest BCUT2D eigenvalue weighted by Gasteiger charge is 2.20. The lowest BCUT2D eigenvalue weighted by atomic mass is 10.0. The number of nitrogens with zero attached hydrogens (tertiary/aromatic N) is 2. The molecule has 20 heavy (non-hydrogen) atoms. The van der Waals surface area contributed by atoms with Gasteiger partial charge in [-0.1, -0.05) is 26.0 Å². The minimum atomic E-state index is 0.493. The normalized spacial score (nSPS) is 17.1. The SMILES string of the molecule is Cc1cccc(NC2CCN(CC(C)C)CC2)c1C#N. The molecule has 0 aliphatic carbocycles. The number of hydrogen-bond donors (Lipinski definition) is 1. The van der Waals surface area contributed by atoms with Crippen LogP contribution in [0.1, 0.15) is 37.8 Å². The summed E-state index contributed by atoms with van der Waals surface area (Å²) < 4.78 is 0. The van der Waals surface area contributed by atoms with Gasteiger partial charge < -0.3 is 10.2 Å². The van der Waals surface area contributed by atoms with Crippen LogP contribution in [0.2, 0.25) is 0 Å². The number of aryl methyl sites for hydroxylation is 1. The van der Waals surface area contributed by atoms with E-state index in [1.165, 1.54) is 6.54 Å². The van der Waals surface area contributed by atoms with E-state index in [1.54, 1.807) is 0 Å². The van der Waals surface area contributed by atoms with Crippen molar-refractivity contribution in [2.45, 2.75) is 39.7 Å². The maximum absolute atomic E-state index is 9.27. The third-order valence-electron chi connectivity index (χ3n) is 3.96. The van der Waals surface area contributed by atoms with E-state index in [4.69, 9.17) is 0 Å². The molecule has 1 aromatic rings. The molecule has 3 nitrogen and oxygen atoms in total. The Morgan fingerprint density at radius 2 is 2.05 bits per heavy atom. The molecule has 1 heterocycles. The predicted octanol–water partition coefficient (Wildman–Crippen LogP) is 3.40. The molecule has 1 fully saturated rings. The maximum Gasteiger partial charge on any atom is 0.102 e. The molecule has 1 saturated heterocycles. The molecule has 0 radical (unpaired) electrons. The van der Waals surface area contributed by atoms with Crippen LogP contribution in [0, 0.1) is 24.2 Å². The Kier molecular flexibility index (Phi) is 5.03. The lowest BCUT2D eigenvalue weighted by molar-refractivity contribution is 0.198. The van der Waals surface area contributed by atoms with Crippen molar-refractivity contribution in [3.8, 4) is 6.07 Å². The van der Waals surface area contributed by atoms with Crippen LogP contribution < -0.4 is 5.32 Å². The first-order chi connectivity index (χ1) is 9.60. The summed E-state index contributed by atoms with van der Waals surface area (Å²) in [5, 5.41) is 12.8. The number of hydrogen-bond acceptors (Lipinski definition) is 3. The number of nitriles is 1. The third-order valence-corrected chi connectivity index (χ3v) is 3.96. The zero-order valence-corrected chi connectivity index (χ0v) is 12.8. The summed E-state index contributed by atoms with van der Waals surface area (Å²) in [4.78, 5) is 2.55. The van der Waals surface area contributed by atoms with Gasteiger partial charge in [-0.2, -0.15) is 5.26 Å². The number of nitrogens with one attached hydrogen (secondary N) is 1. The Morgan fingerprint density at radius 3 is 2.65 bits per heavy atom. The molecule has 1 aliphatic heterocycles. The van der Waals surface area contributed by atoms with Gasteiger partial charge in [0, 0.05) is 25.7 Å². The minimum Gasteiger partial charge on any atom is -0.381 e. The van der Waals surface area contributed by atoms with Crippen molar-refractivity contribution in [1.29, 1.82) is 5.26 Å². The summed E-state index contributed by atoms with van der Waals surface area (Å²) >= 11 is 0. The second-order valence-electron chi connectivity index (χ2n) is 6.22. The molecule has 1 aliphatic rings. The Labute approximate surface area is 122 Å². The Bertz CT molecular complexity index is 479.